The monoisotopic (exact) mass is 380 g/mol. The number of amides is 1. The number of para-hydroxylation sites is 2. The summed E-state index contributed by atoms with van der Waals surface area (Å²) < 4.78 is 21.9. The predicted octanol–water partition coefficient (Wildman–Crippen LogP) is 2.57. The average Bonchev–Trinajstić information content (AvgIpc) is 2.74. The molecule has 0 aliphatic carbocycles. The van der Waals surface area contributed by atoms with Crippen molar-refractivity contribution in [2.75, 3.05) is 26.9 Å². The summed E-state index contributed by atoms with van der Waals surface area (Å²) in [5.74, 6) is 2.10. The number of nitrogens with one attached hydrogen (secondary N) is 1. The van der Waals surface area contributed by atoms with Gasteiger partial charge >= 0.3 is 0 Å². The van der Waals surface area contributed by atoms with Gasteiger partial charge in [0.15, 0.2) is 29.6 Å². The zero-order valence-electron chi connectivity index (χ0n) is 15.4. The average molecular weight is 380 g/mol. The Labute approximate surface area is 163 Å². The first kappa shape index (κ1) is 19.1. The highest BCUT2D eigenvalue weighted by molar-refractivity contribution is 5.91. The second kappa shape index (κ2) is 9.33. The number of nitriles is 1. The second-order valence-corrected chi connectivity index (χ2v) is 5.93. The van der Waals surface area contributed by atoms with Crippen LogP contribution in [0.5, 0.6) is 23.0 Å². The number of rotatable bonds is 7. The normalized spacial score (nSPS) is 14.9. The van der Waals surface area contributed by atoms with Crippen molar-refractivity contribution in [3.63, 3.8) is 0 Å². The Morgan fingerprint density at radius 1 is 1.29 bits per heavy atom. The molecule has 1 unspecified atom stereocenters. The molecule has 1 atom stereocenters. The largest absolute Gasteiger partial charge is 0.493 e. The van der Waals surface area contributed by atoms with Gasteiger partial charge in [-0.05, 0) is 35.9 Å². The van der Waals surface area contributed by atoms with E-state index in [-0.39, 0.29) is 18.6 Å². The number of carbonyl (C=O) groups excluding carboxylic acids is 1. The van der Waals surface area contributed by atoms with Crippen molar-refractivity contribution in [3.8, 4) is 29.1 Å². The van der Waals surface area contributed by atoms with Crippen LogP contribution in [0.15, 0.2) is 48.5 Å². The van der Waals surface area contributed by atoms with Crippen molar-refractivity contribution in [2.24, 2.45) is 0 Å². The van der Waals surface area contributed by atoms with Crippen LogP contribution in [0.4, 0.5) is 0 Å². The lowest BCUT2D eigenvalue weighted by atomic mass is 10.2. The standard InChI is InChI=1S/C21H20N2O5/c1-25-20-12-15(6-8-18(20)26-11-10-22)7-9-21(24)23-13-16-14-27-17-4-2-3-5-19(17)28-16/h2-9,12,16H,11,13-14H2,1H3,(H,23,24). The lowest BCUT2D eigenvalue weighted by Crippen LogP contribution is -2.40. The first-order valence-electron chi connectivity index (χ1n) is 8.72. The van der Waals surface area contributed by atoms with Gasteiger partial charge in [-0.2, -0.15) is 5.26 Å². The van der Waals surface area contributed by atoms with Gasteiger partial charge in [0.1, 0.15) is 18.8 Å². The molecule has 0 fully saturated rings. The van der Waals surface area contributed by atoms with Crippen molar-refractivity contribution in [1.82, 2.24) is 5.32 Å². The van der Waals surface area contributed by atoms with Crippen LogP contribution in [-0.2, 0) is 4.79 Å². The molecule has 1 heterocycles. The maximum Gasteiger partial charge on any atom is 0.244 e. The predicted molar refractivity (Wildman–Crippen MR) is 102 cm³/mol. The van der Waals surface area contributed by atoms with Crippen molar-refractivity contribution in [2.45, 2.75) is 6.10 Å². The van der Waals surface area contributed by atoms with Gasteiger partial charge in [0.25, 0.3) is 0 Å². The zero-order valence-corrected chi connectivity index (χ0v) is 15.4. The van der Waals surface area contributed by atoms with Crippen LogP contribution in [0.2, 0.25) is 0 Å². The van der Waals surface area contributed by atoms with E-state index in [4.69, 9.17) is 24.2 Å². The molecule has 7 heteroatoms. The second-order valence-electron chi connectivity index (χ2n) is 5.93. The van der Waals surface area contributed by atoms with Crippen molar-refractivity contribution < 1.29 is 23.7 Å². The van der Waals surface area contributed by atoms with Crippen molar-refractivity contribution in [1.29, 1.82) is 5.26 Å². The maximum absolute atomic E-state index is 12.1. The first-order valence-corrected chi connectivity index (χ1v) is 8.72. The van der Waals surface area contributed by atoms with Crippen LogP contribution in [0.25, 0.3) is 6.08 Å². The summed E-state index contributed by atoms with van der Waals surface area (Å²) in [5.41, 5.74) is 0.766. The van der Waals surface area contributed by atoms with Gasteiger partial charge in [0, 0.05) is 6.08 Å². The molecular formula is C21H20N2O5. The number of ether oxygens (including phenoxy) is 4. The van der Waals surface area contributed by atoms with Gasteiger partial charge in [-0.1, -0.05) is 18.2 Å². The van der Waals surface area contributed by atoms with E-state index in [2.05, 4.69) is 5.32 Å². The molecule has 2 aromatic rings. The van der Waals surface area contributed by atoms with Crippen molar-refractivity contribution >= 4 is 12.0 Å². The Balaban J connectivity index is 1.52. The highest BCUT2D eigenvalue weighted by Gasteiger charge is 2.20. The van der Waals surface area contributed by atoms with Crippen LogP contribution in [-0.4, -0.2) is 38.9 Å². The highest BCUT2D eigenvalue weighted by atomic mass is 16.6. The van der Waals surface area contributed by atoms with E-state index >= 15 is 0 Å². The van der Waals surface area contributed by atoms with E-state index in [1.807, 2.05) is 30.3 Å². The minimum absolute atomic E-state index is 0.0641. The van der Waals surface area contributed by atoms with Crippen LogP contribution in [0, 0.1) is 11.3 Å². The summed E-state index contributed by atoms with van der Waals surface area (Å²) in [7, 11) is 1.51. The minimum atomic E-state index is -0.246. The molecule has 1 amide bonds. The summed E-state index contributed by atoms with van der Waals surface area (Å²) >= 11 is 0. The molecule has 0 bridgehead atoms. The van der Waals surface area contributed by atoms with Crippen LogP contribution < -0.4 is 24.3 Å². The Hall–Kier alpha value is -3.66. The number of carbonyl (C=O) groups is 1. The molecule has 3 rings (SSSR count). The number of nitrogens with zero attached hydrogens (tertiary/aromatic N) is 1. The molecule has 0 spiro atoms. The zero-order chi connectivity index (χ0) is 19.8. The first-order chi connectivity index (χ1) is 13.7. The van der Waals surface area contributed by atoms with Gasteiger partial charge in [-0.15, -0.1) is 0 Å². The third kappa shape index (κ3) is 4.95. The van der Waals surface area contributed by atoms with Crippen LogP contribution >= 0.6 is 0 Å². The minimum Gasteiger partial charge on any atom is -0.493 e. The third-order valence-electron chi connectivity index (χ3n) is 3.98. The molecule has 144 valence electrons. The topological polar surface area (TPSA) is 89.8 Å². The maximum atomic E-state index is 12.1. The van der Waals surface area contributed by atoms with Gasteiger partial charge < -0.3 is 24.3 Å². The Kier molecular flexibility index (Phi) is 6.37. The van der Waals surface area contributed by atoms with Crippen LogP contribution in [0.3, 0.4) is 0 Å². The fourth-order valence-electron chi connectivity index (χ4n) is 2.63. The third-order valence-corrected chi connectivity index (χ3v) is 3.98. The molecule has 1 N–H and O–H groups in total. The number of hydrogen-bond acceptors (Lipinski definition) is 6. The SMILES string of the molecule is COc1cc(C=CC(=O)NCC2COc3ccccc3O2)ccc1OCC#N. The molecule has 28 heavy (non-hydrogen) atoms. The lowest BCUT2D eigenvalue weighted by molar-refractivity contribution is -0.116. The Morgan fingerprint density at radius 2 is 2.11 bits per heavy atom. The smallest absolute Gasteiger partial charge is 0.244 e. The van der Waals surface area contributed by atoms with Gasteiger partial charge in [0.05, 0.1) is 13.7 Å². The summed E-state index contributed by atoms with van der Waals surface area (Å²) in [6.45, 7) is 0.648. The molecule has 0 saturated heterocycles. The van der Waals surface area contributed by atoms with E-state index < -0.39 is 0 Å². The number of hydrogen-bond donors (Lipinski definition) is 1. The molecule has 1 aliphatic rings. The fraction of sp³-hybridized carbons (Fsp3) is 0.238. The van der Waals surface area contributed by atoms with E-state index in [9.17, 15) is 4.79 Å². The van der Waals surface area contributed by atoms with Gasteiger partial charge in [0.2, 0.25) is 5.91 Å². The van der Waals surface area contributed by atoms with Crippen molar-refractivity contribution in [3.05, 3.63) is 54.1 Å². The summed E-state index contributed by atoms with van der Waals surface area (Å²) in [6, 6.07) is 14.5. The summed E-state index contributed by atoms with van der Waals surface area (Å²) in [5, 5.41) is 11.4. The summed E-state index contributed by atoms with van der Waals surface area (Å²) in [4.78, 5) is 12.1. The summed E-state index contributed by atoms with van der Waals surface area (Å²) in [6.07, 6.45) is 2.85. The molecular weight excluding hydrogens is 360 g/mol. The number of benzene rings is 2. The quantitative estimate of drug-likeness (QED) is 0.743. The molecule has 0 aromatic heterocycles. The van der Waals surface area contributed by atoms with E-state index in [1.165, 1.54) is 13.2 Å². The van der Waals surface area contributed by atoms with E-state index in [0.717, 1.165) is 5.56 Å². The van der Waals surface area contributed by atoms with Gasteiger partial charge in [-0.25, -0.2) is 0 Å². The van der Waals surface area contributed by atoms with E-state index in [0.29, 0.717) is 36.1 Å². The highest BCUT2D eigenvalue weighted by Crippen LogP contribution is 2.30. The molecule has 0 radical (unpaired) electrons. The number of methoxy groups -OCH3 is 1. The lowest BCUT2D eigenvalue weighted by Gasteiger charge is -2.26. The Bertz CT molecular complexity index is 904. The van der Waals surface area contributed by atoms with Crippen LogP contribution in [0.1, 0.15) is 5.56 Å². The van der Waals surface area contributed by atoms with E-state index in [1.54, 1.807) is 24.3 Å². The number of fused-ring (bicyclic) bond motifs is 1. The Morgan fingerprint density at radius 3 is 2.89 bits per heavy atom. The molecule has 1 aliphatic heterocycles. The molecule has 7 nitrogen and oxygen atoms in total. The van der Waals surface area contributed by atoms with Gasteiger partial charge in [-0.3, -0.25) is 4.79 Å². The fourth-order valence-corrected chi connectivity index (χ4v) is 2.63. The molecule has 2 aromatic carbocycles. The molecule has 0 saturated carbocycles.